The summed E-state index contributed by atoms with van der Waals surface area (Å²) in [5.41, 5.74) is 3.04. The molecule has 2 fully saturated rings. The fourth-order valence-electron chi connectivity index (χ4n) is 3.85. The van der Waals surface area contributed by atoms with Crippen molar-refractivity contribution < 1.29 is 19.1 Å². The lowest BCUT2D eigenvalue weighted by atomic mass is 9.89. The van der Waals surface area contributed by atoms with Gasteiger partial charge in [0, 0.05) is 51.2 Å². The predicted octanol–water partition coefficient (Wildman–Crippen LogP) is 0.663. The van der Waals surface area contributed by atoms with Crippen molar-refractivity contribution >= 4 is 23.4 Å². The van der Waals surface area contributed by atoms with Crippen LogP contribution in [0.3, 0.4) is 0 Å². The van der Waals surface area contributed by atoms with Gasteiger partial charge in [-0.25, -0.2) is 5.43 Å². The summed E-state index contributed by atoms with van der Waals surface area (Å²) < 4.78 is 6.05. The fraction of sp³-hybridized carbons (Fsp3) is 0.778. The van der Waals surface area contributed by atoms with E-state index in [0.717, 1.165) is 18.6 Å². The Balaban J connectivity index is 1.49. The number of nitrogens with zero attached hydrogens (tertiary/aromatic N) is 3. The van der Waals surface area contributed by atoms with Crippen molar-refractivity contribution in [2.24, 2.45) is 5.10 Å². The third kappa shape index (κ3) is 4.41. The monoisotopic (exact) mass is 364 g/mol. The molecule has 8 heteroatoms. The number of hydrogen-bond acceptors (Lipinski definition) is 5. The van der Waals surface area contributed by atoms with Crippen molar-refractivity contribution in [3.8, 4) is 0 Å². The van der Waals surface area contributed by atoms with Crippen molar-refractivity contribution in [2.45, 2.75) is 57.5 Å². The van der Waals surface area contributed by atoms with E-state index in [1.165, 1.54) is 0 Å². The lowest BCUT2D eigenvalue weighted by Crippen LogP contribution is -2.58. The zero-order valence-corrected chi connectivity index (χ0v) is 15.5. The van der Waals surface area contributed by atoms with E-state index in [1.807, 2.05) is 16.7 Å². The van der Waals surface area contributed by atoms with Crippen molar-refractivity contribution in [1.82, 2.24) is 15.2 Å². The molecule has 0 radical (unpaired) electrons. The largest absolute Gasteiger partial charge is 0.371 e. The van der Waals surface area contributed by atoms with E-state index < -0.39 is 0 Å². The Kier molecular flexibility index (Phi) is 5.90. The molecule has 144 valence electrons. The van der Waals surface area contributed by atoms with Gasteiger partial charge < -0.3 is 14.5 Å². The van der Waals surface area contributed by atoms with E-state index in [1.54, 1.807) is 0 Å². The Hall–Kier alpha value is -1.96. The molecule has 0 bridgehead atoms. The zero-order chi connectivity index (χ0) is 18.6. The molecule has 1 N–H and O–H groups in total. The molecule has 0 aliphatic carbocycles. The van der Waals surface area contributed by atoms with E-state index >= 15 is 0 Å². The first-order valence-corrected chi connectivity index (χ1v) is 9.55. The number of likely N-dealkylation sites (tertiary alicyclic amines) is 1. The van der Waals surface area contributed by atoms with Crippen molar-refractivity contribution in [3.05, 3.63) is 0 Å². The molecule has 3 heterocycles. The molecular weight excluding hydrogens is 336 g/mol. The molecule has 0 aromatic rings. The average Bonchev–Trinajstić information content (AvgIpc) is 2.67. The van der Waals surface area contributed by atoms with Crippen LogP contribution in [-0.4, -0.2) is 71.6 Å². The molecule has 0 aromatic carbocycles. The molecule has 0 atom stereocenters. The van der Waals surface area contributed by atoms with E-state index in [0.29, 0.717) is 64.9 Å². The van der Waals surface area contributed by atoms with Crippen LogP contribution in [0.4, 0.5) is 0 Å². The molecule has 3 amide bonds. The molecule has 0 unspecified atom stereocenters. The number of hydrogen-bond donors (Lipinski definition) is 1. The molecule has 2 saturated heterocycles. The van der Waals surface area contributed by atoms with Gasteiger partial charge in [0.1, 0.15) is 0 Å². The smallest absolute Gasteiger partial charge is 0.240 e. The maximum absolute atomic E-state index is 12.6. The highest BCUT2D eigenvalue weighted by molar-refractivity contribution is 5.94. The first kappa shape index (κ1) is 18.8. The molecule has 8 nitrogen and oxygen atoms in total. The summed E-state index contributed by atoms with van der Waals surface area (Å²) in [5.74, 6) is 0.228. The second-order valence-corrected chi connectivity index (χ2v) is 7.29. The summed E-state index contributed by atoms with van der Waals surface area (Å²) in [6.07, 6.45) is 4.16. The lowest BCUT2D eigenvalue weighted by molar-refractivity contribution is -0.163. The minimum Gasteiger partial charge on any atom is -0.371 e. The topological polar surface area (TPSA) is 91.3 Å². The molecular formula is C18H28N4O4. The zero-order valence-electron chi connectivity index (χ0n) is 15.5. The van der Waals surface area contributed by atoms with Gasteiger partial charge in [0.2, 0.25) is 17.7 Å². The number of carbonyl (C=O) groups is 3. The molecule has 3 rings (SSSR count). The van der Waals surface area contributed by atoms with Gasteiger partial charge in [-0.3, -0.25) is 14.4 Å². The van der Waals surface area contributed by atoms with Gasteiger partial charge in [-0.15, -0.1) is 0 Å². The maximum atomic E-state index is 12.6. The van der Waals surface area contributed by atoms with Crippen LogP contribution in [0.5, 0.6) is 0 Å². The molecule has 0 aromatic heterocycles. The number of hydrazone groups is 1. The van der Waals surface area contributed by atoms with Gasteiger partial charge in [-0.2, -0.15) is 5.10 Å². The van der Waals surface area contributed by atoms with Crippen molar-refractivity contribution in [1.29, 1.82) is 0 Å². The standard InChI is InChI=1S/C18H28N4O4/c1-2-16(24)21-9-7-18(8-10-21)13-22(11-12-26-18)17(25)6-4-14-3-5-15(23)20-19-14/h2-13H2,1H3,(H,20,23). The molecule has 3 aliphatic heterocycles. The van der Waals surface area contributed by atoms with Gasteiger partial charge in [0.25, 0.3) is 0 Å². The second-order valence-electron chi connectivity index (χ2n) is 7.29. The Morgan fingerprint density at radius 1 is 1.15 bits per heavy atom. The highest BCUT2D eigenvalue weighted by atomic mass is 16.5. The van der Waals surface area contributed by atoms with Crippen molar-refractivity contribution in [2.75, 3.05) is 32.8 Å². The highest BCUT2D eigenvalue weighted by Gasteiger charge is 2.41. The van der Waals surface area contributed by atoms with Crippen LogP contribution in [0.2, 0.25) is 0 Å². The Labute approximate surface area is 153 Å². The number of ether oxygens (including phenoxy) is 1. The van der Waals surface area contributed by atoms with Crippen LogP contribution in [0.25, 0.3) is 0 Å². The quantitative estimate of drug-likeness (QED) is 0.793. The van der Waals surface area contributed by atoms with Crippen LogP contribution < -0.4 is 5.43 Å². The summed E-state index contributed by atoms with van der Waals surface area (Å²) in [7, 11) is 0. The van der Waals surface area contributed by atoms with E-state index in [4.69, 9.17) is 4.74 Å². The summed E-state index contributed by atoms with van der Waals surface area (Å²) >= 11 is 0. The first-order valence-electron chi connectivity index (χ1n) is 9.55. The minimum atomic E-state index is -0.311. The molecule has 0 saturated carbocycles. The Morgan fingerprint density at radius 3 is 2.58 bits per heavy atom. The summed E-state index contributed by atoms with van der Waals surface area (Å²) in [6, 6.07) is 0. The second kappa shape index (κ2) is 8.16. The number of amides is 3. The number of morpholine rings is 1. The van der Waals surface area contributed by atoms with Gasteiger partial charge >= 0.3 is 0 Å². The summed E-state index contributed by atoms with van der Waals surface area (Å²) in [4.78, 5) is 39.4. The first-order chi connectivity index (χ1) is 12.5. The van der Waals surface area contributed by atoms with Gasteiger partial charge in [0.05, 0.1) is 12.2 Å². The van der Waals surface area contributed by atoms with Crippen LogP contribution in [-0.2, 0) is 19.1 Å². The van der Waals surface area contributed by atoms with E-state index in [-0.39, 0.29) is 23.3 Å². The number of carbonyl (C=O) groups excluding carboxylic acids is 3. The van der Waals surface area contributed by atoms with E-state index in [9.17, 15) is 14.4 Å². The highest BCUT2D eigenvalue weighted by Crippen LogP contribution is 2.30. The SMILES string of the molecule is CCC(=O)N1CCC2(CC1)CN(C(=O)CCC1=NNC(=O)CC1)CCO2. The van der Waals surface area contributed by atoms with E-state index in [2.05, 4.69) is 10.5 Å². The number of piperidine rings is 1. The fourth-order valence-corrected chi connectivity index (χ4v) is 3.85. The summed E-state index contributed by atoms with van der Waals surface area (Å²) in [6.45, 7) is 5.04. The maximum Gasteiger partial charge on any atom is 0.240 e. The van der Waals surface area contributed by atoms with Gasteiger partial charge in [-0.1, -0.05) is 6.92 Å². The van der Waals surface area contributed by atoms with Gasteiger partial charge in [0.15, 0.2) is 0 Å². The third-order valence-corrected chi connectivity index (χ3v) is 5.54. The minimum absolute atomic E-state index is 0.0666. The Bertz CT molecular complexity index is 596. The van der Waals surface area contributed by atoms with Crippen LogP contribution in [0.1, 0.15) is 51.9 Å². The van der Waals surface area contributed by atoms with Crippen LogP contribution in [0, 0.1) is 0 Å². The molecule has 26 heavy (non-hydrogen) atoms. The van der Waals surface area contributed by atoms with Gasteiger partial charge in [-0.05, 0) is 25.7 Å². The predicted molar refractivity (Wildman–Crippen MR) is 95.4 cm³/mol. The Morgan fingerprint density at radius 2 is 1.92 bits per heavy atom. The summed E-state index contributed by atoms with van der Waals surface area (Å²) in [5, 5.41) is 4.03. The average molecular weight is 364 g/mol. The normalized spacial score (nSPS) is 22.8. The van der Waals surface area contributed by atoms with Crippen LogP contribution in [0.15, 0.2) is 5.10 Å². The third-order valence-electron chi connectivity index (χ3n) is 5.54. The van der Waals surface area contributed by atoms with Crippen molar-refractivity contribution in [3.63, 3.8) is 0 Å². The van der Waals surface area contributed by atoms with Crippen LogP contribution >= 0.6 is 0 Å². The number of nitrogens with one attached hydrogen (secondary N) is 1. The molecule has 3 aliphatic rings. The lowest BCUT2D eigenvalue weighted by Gasteiger charge is -2.47. The number of rotatable bonds is 4. The molecule has 1 spiro atoms.